The molecule has 1 heterocycles. The predicted octanol–water partition coefficient (Wildman–Crippen LogP) is 4.10. The number of morpholine rings is 1. The molecule has 1 aliphatic rings. The summed E-state index contributed by atoms with van der Waals surface area (Å²) in [6.07, 6.45) is 2.23. The molecule has 2 aromatic rings. The maximum atomic E-state index is 12.6. The minimum atomic E-state index is -0.143. The number of hydrogen-bond acceptors (Lipinski definition) is 3. The van der Waals surface area contributed by atoms with Crippen molar-refractivity contribution in [3.8, 4) is 0 Å². The SMILES string of the molecule is CCC(CC)C(CNC(=O)Nc1cccc2ccccc12)N1CCOCC1. The smallest absolute Gasteiger partial charge is 0.319 e. The first-order chi connectivity index (χ1) is 13.2. The number of rotatable bonds is 7. The first kappa shape index (κ1) is 19.6. The molecular formula is C22H31N3O2. The molecular weight excluding hydrogens is 338 g/mol. The lowest BCUT2D eigenvalue weighted by atomic mass is 9.92. The van der Waals surface area contributed by atoms with Crippen LogP contribution in [0.1, 0.15) is 26.7 Å². The zero-order valence-electron chi connectivity index (χ0n) is 16.4. The highest BCUT2D eigenvalue weighted by Gasteiger charge is 2.27. The van der Waals surface area contributed by atoms with Crippen LogP contribution in [0.2, 0.25) is 0 Å². The third-order valence-electron chi connectivity index (χ3n) is 5.62. The Kier molecular flexibility index (Phi) is 7.07. The number of urea groups is 1. The Morgan fingerprint density at radius 2 is 1.78 bits per heavy atom. The molecule has 1 aliphatic heterocycles. The number of anilines is 1. The molecule has 0 aliphatic carbocycles. The second-order valence-electron chi connectivity index (χ2n) is 7.15. The fraction of sp³-hybridized carbons (Fsp3) is 0.500. The number of carbonyl (C=O) groups is 1. The number of nitrogens with zero attached hydrogens (tertiary/aromatic N) is 1. The molecule has 0 saturated carbocycles. The molecule has 2 N–H and O–H groups in total. The highest BCUT2D eigenvalue weighted by molar-refractivity contribution is 6.01. The van der Waals surface area contributed by atoms with E-state index in [1.54, 1.807) is 0 Å². The second-order valence-corrected chi connectivity index (χ2v) is 7.15. The number of carbonyl (C=O) groups excluding carboxylic acids is 1. The van der Waals surface area contributed by atoms with Gasteiger partial charge in [0.15, 0.2) is 0 Å². The van der Waals surface area contributed by atoms with Crippen LogP contribution in [-0.4, -0.2) is 49.8 Å². The van der Waals surface area contributed by atoms with Crippen molar-refractivity contribution in [1.82, 2.24) is 10.2 Å². The molecule has 5 nitrogen and oxygen atoms in total. The monoisotopic (exact) mass is 369 g/mol. The Morgan fingerprint density at radius 3 is 2.52 bits per heavy atom. The van der Waals surface area contributed by atoms with Gasteiger partial charge in [0.05, 0.1) is 18.9 Å². The minimum absolute atomic E-state index is 0.143. The summed E-state index contributed by atoms with van der Waals surface area (Å²) >= 11 is 0. The van der Waals surface area contributed by atoms with Gasteiger partial charge in [-0.2, -0.15) is 0 Å². The lowest BCUT2D eigenvalue weighted by Crippen LogP contribution is -2.52. The number of amides is 2. The molecule has 27 heavy (non-hydrogen) atoms. The quantitative estimate of drug-likeness (QED) is 0.773. The summed E-state index contributed by atoms with van der Waals surface area (Å²) in [5, 5.41) is 8.31. The van der Waals surface area contributed by atoms with Crippen molar-refractivity contribution in [3.05, 3.63) is 42.5 Å². The van der Waals surface area contributed by atoms with E-state index >= 15 is 0 Å². The molecule has 0 bridgehead atoms. The Hall–Kier alpha value is -2.11. The fourth-order valence-electron chi connectivity index (χ4n) is 4.03. The molecule has 3 rings (SSSR count). The molecule has 1 fully saturated rings. The first-order valence-electron chi connectivity index (χ1n) is 10.1. The summed E-state index contributed by atoms with van der Waals surface area (Å²) in [7, 11) is 0. The van der Waals surface area contributed by atoms with Crippen LogP contribution in [0.3, 0.4) is 0 Å². The van der Waals surface area contributed by atoms with Gasteiger partial charge < -0.3 is 15.4 Å². The van der Waals surface area contributed by atoms with E-state index in [4.69, 9.17) is 4.74 Å². The summed E-state index contributed by atoms with van der Waals surface area (Å²) < 4.78 is 5.50. The van der Waals surface area contributed by atoms with Crippen molar-refractivity contribution in [3.63, 3.8) is 0 Å². The largest absolute Gasteiger partial charge is 0.379 e. The highest BCUT2D eigenvalue weighted by atomic mass is 16.5. The average molecular weight is 370 g/mol. The van der Waals surface area contributed by atoms with Gasteiger partial charge in [0.2, 0.25) is 0 Å². The van der Waals surface area contributed by atoms with E-state index in [9.17, 15) is 4.79 Å². The summed E-state index contributed by atoms with van der Waals surface area (Å²) in [4.78, 5) is 15.0. The predicted molar refractivity (Wildman–Crippen MR) is 111 cm³/mol. The number of fused-ring (bicyclic) bond motifs is 1. The van der Waals surface area contributed by atoms with Gasteiger partial charge in [-0.3, -0.25) is 4.90 Å². The van der Waals surface area contributed by atoms with Crippen LogP contribution in [-0.2, 0) is 4.74 Å². The summed E-state index contributed by atoms with van der Waals surface area (Å²) in [5.74, 6) is 0.570. The van der Waals surface area contributed by atoms with Gasteiger partial charge in [0.25, 0.3) is 0 Å². The Balaban J connectivity index is 1.64. The van der Waals surface area contributed by atoms with Crippen molar-refractivity contribution in [2.24, 2.45) is 5.92 Å². The van der Waals surface area contributed by atoms with Crippen LogP contribution in [0.25, 0.3) is 10.8 Å². The summed E-state index contributed by atoms with van der Waals surface area (Å²) in [6, 6.07) is 14.3. The van der Waals surface area contributed by atoms with E-state index in [0.717, 1.165) is 55.6 Å². The zero-order valence-corrected chi connectivity index (χ0v) is 16.4. The van der Waals surface area contributed by atoms with Gasteiger partial charge in [-0.15, -0.1) is 0 Å². The van der Waals surface area contributed by atoms with Gasteiger partial charge >= 0.3 is 6.03 Å². The second kappa shape index (κ2) is 9.72. The normalized spacial score (nSPS) is 16.4. The van der Waals surface area contributed by atoms with Crippen LogP contribution < -0.4 is 10.6 Å². The molecule has 1 unspecified atom stereocenters. The van der Waals surface area contributed by atoms with Crippen molar-refractivity contribution >= 4 is 22.5 Å². The number of benzene rings is 2. The average Bonchev–Trinajstić information content (AvgIpc) is 2.72. The molecule has 1 atom stereocenters. The molecule has 146 valence electrons. The molecule has 0 radical (unpaired) electrons. The van der Waals surface area contributed by atoms with E-state index in [1.807, 2.05) is 30.3 Å². The number of hydrogen-bond donors (Lipinski definition) is 2. The van der Waals surface area contributed by atoms with Crippen molar-refractivity contribution in [1.29, 1.82) is 0 Å². The highest BCUT2D eigenvalue weighted by Crippen LogP contribution is 2.23. The molecule has 0 aromatic heterocycles. The maximum Gasteiger partial charge on any atom is 0.319 e. The maximum absolute atomic E-state index is 12.6. The molecule has 0 spiro atoms. The Morgan fingerprint density at radius 1 is 1.07 bits per heavy atom. The van der Waals surface area contributed by atoms with Gasteiger partial charge in [-0.05, 0) is 17.4 Å². The van der Waals surface area contributed by atoms with E-state index in [1.165, 1.54) is 0 Å². The molecule has 5 heteroatoms. The molecule has 1 saturated heterocycles. The van der Waals surface area contributed by atoms with Crippen LogP contribution in [0.15, 0.2) is 42.5 Å². The van der Waals surface area contributed by atoms with E-state index in [-0.39, 0.29) is 6.03 Å². The minimum Gasteiger partial charge on any atom is -0.379 e. The van der Waals surface area contributed by atoms with Crippen molar-refractivity contribution in [2.45, 2.75) is 32.7 Å². The standard InChI is InChI=1S/C22H31N3O2/c1-3-17(4-2)21(25-12-14-27-15-13-25)16-23-22(26)24-20-11-7-9-18-8-5-6-10-19(18)20/h5-11,17,21H,3-4,12-16H2,1-2H3,(H2,23,24,26). The van der Waals surface area contributed by atoms with Gasteiger partial charge in [-0.25, -0.2) is 4.79 Å². The summed E-state index contributed by atoms with van der Waals surface area (Å²) in [6.45, 7) is 8.55. The third kappa shape index (κ3) is 4.99. The van der Waals surface area contributed by atoms with E-state index < -0.39 is 0 Å². The van der Waals surface area contributed by atoms with Gasteiger partial charge in [0.1, 0.15) is 0 Å². The van der Waals surface area contributed by atoms with Crippen LogP contribution in [0.4, 0.5) is 10.5 Å². The lowest BCUT2D eigenvalue weighted by Gasteiger charge is -2.38. The molecule has 2 aromatic carbocycles. The Labute approximate surface area is 162 Å². The first-order valence-corrected chi connectivity index (χ1v) is 10.1. The van der Waals surface area contributed by atoms with E-state index in [0.29, 0.717) is 18.5 Å². The zero-order chi connectivity index (χ0) is 19.1. The fourth-order valence-corrected chi connectivity index (χ4v) is 4.03. The van der Waals surface area contributed by atoms with Gasteiger partial charge in [0, 0.05) is 31.1 Å². The topological polar surface area (TPSA) is 53.6 Å². The summed E-state index contributed by atoms with van der Waals surface area (Å²) in [5.41, 5.74) is 0.844. The number of ether oxygens (including phenoxy) is 1. The van der Waals surface area contributed by atoms with E-state index in [2.05, 4.69) is 41.5 Å². The Bertz CT molecular complexity index is 734. The molecule has 2 amide bonds. The van der Waals surface area contributed by atoms with Crippen LogP contribution >= 0.6 is 0 Å². The third-order valence-corrected chi connectivity index (χ3v) is 5.62. The lowest BCUT2D eigenvalue weighted by molar-refractivity contribution is 0.00247. The van der Waals surface area contributed by atoms with Crippen molar-refractivity contribution in [2.75, 3.05) is 38.2 Å². The van der Waals surface area contributed by atoms with Crippen molar-refractivity contribution < 1.29 is 9.53 Å². The van der Waals surface area contributed by atoms with Gasteiger partial charge in [-0.1, -0.05) is 63.1 Å². The number of nitrogens with one attached hydrogen (secondary N) is 2. The van der Waals surface area contributed by atoms with Crippen LogP contribution in [0, 0.1) is 5.92 Å². The van der Waals surface area contributed by atoms with Crippen LogP contribution in [0.5, 0.6) is 0 Å².